The van der Waals surface area contributed by atoms with E-state index in [9.17, 15) is 9.18 Å². The highest BCUT2D eigenvalue weighted by Crippen LogP contribution is 2.30. The molecule has 0 amide bonds. The SMILES string of the molecule is O=C(O)C1CNCC1c1ccc(F)c(Cl)c1. The Balaban J connectivity index is 2.29. The van der Waals surface area contributed by atoms with Gasteiger partial charge in [0, 0.05) is 19.0 Å². The van der Waals surface area contributed by atoms with Gasteiger partial charge in [-0.3, -0.25) is 4.79 Å². The smallest absolute Gasteiger partial charge is 0.308 e. The van der Waals surface area contributed by atoms with Gasteiger partial charge in [-0.1, -0.05) is 17.7 Å². The molecular weight excluding hydrogens is 233 g/mol. The lowest BCUT2D eigenvalue weighted by molar-refractivity contribution is -0.141. The average Bonchev–Trinajstić information content (AvgIpc) is 2.71. The minimum Gasteiger partial charge on any atom is -0.481 e. The Morgan fingerprint density at radius 2 is 2.25 bits per heavy atom. The summed E-state index contributed by atoms with van der Waals surface area (Å²) in [6.07, 6.45) is 0. The van der Waals surface area contributed by atoms with Gasteiger partial charge in [0.2, 0.25) is 0 Å². The fraction of sp³-hybridized carbons (Fsp3) is 0.364. The minimum atomic E-state index is -0.838. The van der Waals surface area contributed by atoms with E-state index in [1.165, 1.54) is 12.1 Å². The fourth-order valence-corrected chi connectivity index (χ4v) is 2.22. The number of carboxylic acid groups (broad SMARTS) is 1. The Morgan fingerprint density at radius 3 is 2.88 bits per heavy atom. The summed E-state index contributed by atoms with van der Waals surface area (Å²) >= 11 is 5.68. The molecule has 86 valence electrons. The number of hydrogen-bond acceptors (Lipinski definition) is 2. The second-order valence-corrected chi connectivity index (χ2v) is 4.29. The van der Waals surface area contributed by atoms with Crippen LogP contribution in [0, 0.1) is 11.7 Å². The van der Waals surface area contributed by atoms with Crippen LogP contribution in [0.3, 0.4) is 0 Å². The molecule has 0 aromatic heterocycles. The third-order valence-corrected chi connectivity index (χ3v) is 3.19. The van der Waals surface area contributed by atoms with Crippen molar-refractivity contribution in [1.82, 2.24) is 5.32 Å². The zero-order chi connectivity index (χ0) is 11.7. The molecular formula is C11H11ClFNO2. The molecule has 2 atom stereocenters. The molecule has 1 saturated heterocycles. The summed E-state index contributed by atoms with van der Waals surface area (Å²) in [6, 6.07) is 4.37. The minimum absolute atomic E-state index is 0.0357. The molecule has 0 radical (unpaired) electrons. The summed E-state index contributed by atoms with van der Waals surface area (Å²) in [5.74, 6) is -1.93. The van der Waals surface area contributed by atoms with Crippen LogP contribution in [0.25, 0.3) is 0 Å². The van der Waals surface area contributed by atoms with Gasteiger partial charge in [0.1, 0.15) is 5.82 Å². The molecule has 3 nitrogen and oxygen atoms in total. The van der Waals surface area contributed by atoms with Gasteiger partial charge in [0.15, 0.2) is 0 Å². The number of carbonyl (C=O) groups is 1. The third kappa shape index (κ3) is 2.03. The van der Waals surface area contributed by atoms with Gasteiger partial charge in [-0.05, 0) is 17.7 Å². The van der Waals surface area contributed by atoms with Crippen molar-refractivity contribution in [2.75, 3.05) is 13.1 Å². The van der Waals surface area contributed by atoms with Crippen LogP contribution in [0.1, 0.15) is 11.5 Å². The van der Waals surface area contributed by atoms with Crippen LogP contribution >= 0.6 is 11.6 Å². The van der Waals surface area contributed by atoms with E-state index >= 15 is 0 Å². The van der Waals surface area contributed by atoms with Crippen LogP contribution in [0.4, 0.5) is 4.39 Å². The van der Waals surface area contributed by atoms with Crippen molar-refractivity contribution in [3.63, 3.8) is 0 Å². The normalized spacial score (nSPS) is 24.6. The predicted molar refractivity (Wildman–Crippen MR) is 58.1 cm³/mol. The highest BCUT2D eigenvalue weighted by atomic mass is 35.5. The second-order valence-electron chi connectivity index (χ2n) is 3.88. The van der Waals surface area contributed by atoms with Crippen molar-refractivity contribution >= 4 is 17.6 Å². The molecule has 1 aromatic rings. The Kier molecular flexibility index (Phi) is 3.12. The molecule has 1 aliphatic rings. The molecule has 0 saturated carbocycles. The zero-order valence-electron chi connectivity index (χ0n) is 8.41. The largest absolute Gasteiger partial charge is 0.481 e. The first-order valence-electron chi connectivity index (χ1n) is 4.98. The number of aliphatic carboxylic acids is 1. The van der Waals surface area contributed by atoms with Gasteiger partial charge in [-0.15, -0.1) is 0 Å². The van der Waals surface area contributed by atoms with Gasteiger partial charge < -0.3 is 10.4 Å². The fourth-order valence-electron chi connectivity index (χ4n) is 2.03. The van der Waals surface area contributed by atoms with Crippen LogP contribution in [0.15, 0.2) is 18.2 Å². The number of hydrogen-bond donors (Lipinski definition) is 2. The number of rotatable bonds is 2. The standard InChI is InChI=1S/C11H11ClFNO2/c12-9-3-6(1-2-10(9)13)7-4-14-5-8(7)11(15)16/h1-3,7-8,14H,4-5H2,(H,15,16). The zero-order valence-corrected chi connectivity index (χ0v) is 9.17. The van der Waals surface area contributed by atoms with Crippen molar-refractivity contribution in [1.29, 1.82) is 0 Å². The van der Waals surface area contributed by atoms with Crippen LogP contribution in [0.2, 0.25) is 5.02 Å². The Morgan fingerprint density at radius 1 is 1.50 bits per heavy atom. The first kappa shape index (κ1) is 11.4. The van der Waals surface area contributed by atoms with Crippen molar-refractivity contribution in [3.05, 3.63) is 34.6 Å². The molecule has 5 heteroatoms. The Hall–Kier alpha value is -1.13. The number of carboxylic acids is 1. The predicted octanol–water partition coefficient (Wildman–Crippen LogP) is 1.87. The molecule has 0 spiro atoms. The second kappa shape index (κ2) is 4.39. The van der Waals surface area contributed by atoms with Crippen LogP contribution < -0.4 is 5.32 Å². The van der Waals surface area contributed by atoms with Crippen LogP contribution in [-0.4, -0.2) is 24.2 Å². The number of halogens is 2. The summed E-state index contributed by atoms with van der Waals surface area (Å²) in [5.41, 5.74) is 0.767. The van der Waals surface area contributed by atoms with Gasteiger partial charge in [-0.2, -0.15) is 0 Å². The molecule has 0 bridgehead atoms. The lowest BCUT2D eigenvalue weighted by atomic mass is 9.89. The van der Waals surface area contributed by atoms with Gasteiger partial charge in [0.25, 0.3) is 0 Å². The summed E-state index contributed by atoms with van der Waals surface area (Å²) in [5, 5.41) is 12.1. The van der Waals surface area contributed by atoms with Crippen molar-refractivity contribution in [3.8, 4) is 0 Å². The highest BCUT2D eigenvalue weighted by Gasteiger charge is 2.33. The molecule has 2 rings (SSSR count). The van der Waals surface area contributed by atoms with E-state index in [4.69, 9.17) is 16.7 Å². The molecule has 1 aliphatic heterocycles. The van der Waals surface area contributed by atoms with Crippen molar-refractivity contribution < 1.29 is 14.3 Å². The maximum Gasteiger partial charge on any atom is 0.308 e. The quantitative estimate of drug-likeness (QED) is 0.834. The molecule has 0 aliphatic carbocycles. The van der Waals surface area contributed by atoms with E-state index in [0.29, 0.717) is 13.1 Å². The monoisotopic (exact) mass is 243 g/mol. The third-order valence-electron chi connectivity index (χ3n) is 2.90. The Labute approximate surface area is 97.2 Å². The molecule has 1 aromatic carbocycles. The van der Waals surface area contributed by atoms with Crippen LogP contribution in [0.5, 0.6) is 0 Å². The van der Waals surface area contributed by atoms with Crippen molar-refractivity contribution in [2.24, 2.45) is 5.92 Å². The molecule has 2 N–H and O–H groups in total. The van der Waals surface area contributed by atoms with Crippen LogP contribution in [-0.2, 0) is 4.79 Å². The molecule has 1 fully saturated rings. The summed E-state index contributed by atoms with van der Waals surface area (Å²) < 4.78 is 13.0. The number of nitrogens with one attached hydrogen (secondary N) is 1. The van der Waals surface area contributed by atoms with Crippen molar-refractivity contribution in [2.45, 2.75) is 5.92 Å². The molecule has 2 unspecified atom stereocenters. The average molecular weight is 244 g/mol. The molecule has 16 heavy (non-hydrogen) atoms. The van der Waals surface area contributed by atoms with E-state index < -0.39 is 17.7 Å². The Bertz CT molecular complexity index is 424. The summed E-state index contributed by atoms with van der Waals surface area (Å²) in [7, 11) is 0. The van der Waals surface area contributed by atoms with E-state index in [1.54, 1.807) is 6.07 Å². The first-order valence-corrected chi connectivity index (χ1v) is 5.36. The first-order chi connectivity index (χ1) is 7.59. The topological polar surface area (TPSA) is 49.3 Å². The summed E-state index contributed by atoms with van der Waals surface area (Å²) in [6.45, 7) is 1.02. The van der Waals surface area contributed by atoms with Gasteiger partial charge in [0.05, 0.1) is 10.9 Å². The highest BCUT2D eigenvalue weighted by molar-refractivity contribution is 6.30. The van der Waals surface area contributed by atoms with Gasteiger partial charge >= 0.3 is 5.97 Å². The maximum atomic E-state index is 13.0. The van der Waals surface area contributed by atoms with E-state index in [-0.39, 0.29) is 10.9 Å². The van der Waals surface area contributed by atoms with E-state index in [2.05, 4.69) is 5.32 Å². The summed E-state index contributed by atoms with van der Waals surface area (Å²) in [4.78, 5) is 11.0. The maximum absolute atomic E-state index is 13.0. The van der Waals surface area contributed by atoms with Gasteiger partial charge in [-0.25, -0.2) is 4.39 Å². The lowest BCUT2D eigenvalue weighted by Crippen LogP contribution is -2.21. The van der Waals surface area contributed by atoms with E-state index in [0.717, 1.165) is 5.56 Å². The lowest BCUT2D eigenvalue weighted by Gasteiger charge is -2.15. The van der Waals surface area contributed by atoms with E-state index in [1.807, 2.05) is 0 Å². The number of benzene rings is 1. The molecule has 1 heterocycles.